The lowest BCUT2D eigenvalue weighted by Crippen LogP contribution is -2.53. The van der Waals surface area contributed by atoms with Crippen molar-refractivity contribution >= 4 is 6.09 Å². The molecule has 0 aromatic heterocycles. The van der Waals surface area contributed by atoms with Crippen LogP contribution >= 0.6 is 0 Å². The molecule has 1 spiro atoms. The lowest BCUT2D eigenvalue weighted by atomic mass is 9.83. The van der Waals surface area contributed by atoms with E-state index in [2.05, 4.69) is 29.2 Å². The second-order valence-electron chi connectivity index (χ2n) is 8.81. The van der Waals surface area contributed by atoms with Gasteiger partial charge in [-0.25, -0.2) is 4.79 Å². The van der Waals surface area contributed by atoms with Crippen molar-refractivity contribution < 1.29 is 14.6 Å². The smallest absolute Gasteiger partial charge is 0.410 e. The van der Waals surface area contributed by atoms with E-state index in [1.54, 1.807) is 0 Å². The molecular formula is C21H32N2O3. The summed E-state index contributed by atoms with van der Waals surface area (Å²) in [6.07, 6.45) is 2.68. The van der Waals surface area contributed by atoms with Gasteiger partial charge in [0.2, 0.25) is 0 Å². The molecule has 3 rings (SSSR count). The van der Waals surface area contributed by atoms with Gasteiger partial charge in [0.25, 0.3) is 0 Å². The van der Waals surface area contributed by atoms with E-state index in [4.69, 9.17) is 4.74 Å². The Hall–Kier alpha value is -1.59. The number of ether oxygens (including phenoxy) is 1. The third-order valence-corrected chi connectivity index (χ3v) is 5.64. The average Bonchev–Trinajstić information content (AvgIpc) is 2.92. The van der Waals surface area contributed by atoms with E-state index in [0.29, 0.717) is 5.92 Å². The van der Waals surface area contributed by atoms with Gasteiger partial charge in [-0.2, -0.15) is 0 Å². The Morgan fingerprint density at radius 2 is 1.88 bits per heavy atom. The van der Waals surface area contributed by atoms with Crippen LogP contribution in [0.4, 0.5) is 4.79 Å². The highest BCUT2D eigenvalue weighted by atomic mass is 16.6. The first kappa shape index (κ1) is 19.2. The minimum atomic E-state index is -0.457. The molecule has 2 fully saturated rings. The van der Waals surface area contributed by atoms with Crippen molar-refractivity contribution in [3.8, 4) is 0 Å². The quantitative estimate of drug-likeness (QED) is 0.899. The third-order valence-electron chi connectivity index (χ3n) is 5.64. The van der Waals surface area contributed by atoms with Gasteiger partial charge in [0, 0.05) is 38.3 Å². The Kier molecular flexibility index (Phi) is 5.58. The Labute approximate surface area is 156 Å². The fourth-order valence-electron chi connectivity index (χ4n) is 4.35. The molecule has 1 atom stereocenters. The molecule has 5 nitrogen and oxygen atoms in total. The number of likely N-dealkylation sites (tertiary alicyclic amines) is 2. The average molecular weight is 360 g/mol. The monoisotopic (exact) mass is 360 g/mol. The molecule has 1 aromatic carbocycles. The van der Waals surface area contributed by atoms with Gasteiger partial charge in [-0.1, -0.05) is 30.3 Å². The predicted molar refractivity (Wildman–Crippen MR) is 102 cm³/mol. The molecule has 5 heteroatoms. The molecular weight excluding hydrogens is 328 g/mol. The van der Waals surface area contributed by atoms with E-state index in [1.807, 2.05) is 31.7 Å². The molecule has 1 unspecified atom stereocenters. The van der Waals surface area contributed by atoms with Crippen LogP contribution in [-0.2, 0) is 11.3 Å². The van der Waals surface area contributed by atoms with Gasteiger partial charge in [-0.3, -0.25) is 4.90 Å². The van der Waals surface area contributed by atoms with Crippen molar-refractivity contribution in [2.75, 3.05) is 26.2 Å². The summed E-state index contributed by atoms with van der Waals surface area (Å²) in [5.74, 6) is 0.326. The number of aliphatic hydroxyl groups excluding tert-OH is 1. The topological polar surface area (TPSA) is 53.0 Å². The summed E-state index contributed by atoms with van der Waals surface area (Å²) in [5.41, 5.74) is 0.933. The zero-order chi connectivity index (χ0) is 18.8. The summed E-state index contributed by atoms with van der Waals surface area (Å²) in [6, 6.07) is 10.5. The standard InChI is InChI=1S/C21H32N2O3/c1-20(2,3)26-19(25)22-11-9-21(10-12-22)13-18(16-24)15-23(21)14-17-7-5-4-6-8-17/h4-8,18,24H,9-16H2,1-3H3. The number of nitrogens with zero attached hydrogens (tertiary/aromatic N) is 2. The summed E-state index contributed by atoms with van der Waals surface area (Å²) < 4.78 is 5.53. The van der Waals surface area contributed by atoms with Gasteiger partial charge >= 0.3 is 6.09 Å². The number of benzene rings is 1. The lowest BCUT2D eigenvalue weighted by Gasteiger charge is -2.45. The molecule has 2 saturated heterocycles. The molecule has 0 bridgehead atoms. The molecule has 0 aliphatic carbocycles. The number of aliphatic hydroxyl groups is 1. The zero-order valence-corrected chi connectivity index (χ0v) is 16.3. The summed E-state index contributed by atoms with van der Waals surface area (Å²) in [5, 5.41) is 9.72. The van der Waals surface area contributed by atoms with Crippen molar-refractivity contribution in [3.05, 3.63) is 35.9 Å². The van der Waals surface area contributed by atoms with Crippen molar-refractivity contribution in [1.82, 2.24) is 9.80 Å². The first-order chi connectivity index (χ1) is 12.3. The molecule has 0 saturated carbocycles. The summed E-state index contributed by atoms with van der Waals surface area (Å²) in [4.78, 5) is 16.7. The highest BCUT2D eigenvalue weighted by Crippen LogP contribution is 2.42. The van der Waals surface area contributed by atoms with Gasteiger partial charge < -0.3 is 14.7 Å². The van der Waals surface area contributed by atoms with E-state index < -0.39 is 5.60 Å². The molecule has 2 aliphatic heterocycles. The van der Waals surface area contributed by atoms with Crippen molar-refractivity contribution in [3.63, 3.8) is 0 Å². The Morgan fingerprint density at radius 3 is 2.46 bits per heavy atom. The van der Waals surface area contributed by atoms with E-state index in [-0.39, 0.29) is 18.2 Å². The number of carbonyl (C=O) groups excluding carboxylic acids is 1. The van der Waals surface area contributed by atoms with Crippen LogP contribution in [0.2, 0.25) is 0 Å². The molecule has 26 heavy (non-hydrogen) atoms. The minimum Gasteiger partial charge on any atom is -0.444 e. The Morgan fingerprint density at radius 1 is 1.23 bits per heavy atom. The Bertz CT molecular complexity index is 603. The van der Waals surface area contributed by atoms with Crippen molar-refractivity contribution in [1.29, 1.82) is 0 Å². The number of piperidine rings is 1. The van der Waals surface area contributed by atoms with Crippen molar-refractivity contribution in [2.24, 2.45) is 5.92 Å². The van der Waals surface area contributed by atoms with Crippen molar-refractivity contribution in [2.45, 2.75) is 57.7 Å². The number of amides is 1. The summed E-state index contributed by atoms with van der Waals surface area (Å²) in [7, 11) is 0. The number of rotatable bonds is 3. The van der Waals surface area contributed by atoms with Crippen LogP contribution in [0.3, 0.4) is 0 Å². The van der Waals surface area contributed by atoms with E-state index in [1.165, 1.54) is 5.56 Å². The van der Waals surface area contributed by atoms with E-state index >= 15 is 0 Å². The maximum absolute atomic E-state index is 12.4. The van der Waals surface area contributed by atoms with E-state index in [9.17, 15) is 9.90 Å². The van der Waals surface area contributed by atoms with Crippen LogP contribution in [-0.4, -0.2) is 58.4 Å². The molecule has 1 amide bonds. The van der Waals surface area contributed by atoms with Gasteiger partial charge in [0.1, 0.15) is 5.60 Å². The van der Waals surface area contributed by atoms with Gasteiger partial charge in [-0.05, 0) is 51.5 Å². The number of hydrogen-bond acceptors (Lipinski definition) is 4. The number of hydrogen-bond donors (Lipinski definition) is 1. The van der Waals surface area contributed by atoms with Crippen LogP contribution in [0.15, 0.2) is 30.3 Å². The van der Waals surface area contributed by atoms with Crippen LogP contribution < -0.4 is 0 Å². The van der Waals surface area contributed by atoms with Gasteiger partial charge in [0.05, 0.1) is 0 Å². The molecule has 2 aliphatic rings. The van der Waals surface area contributed by atoms with Crippen LogP contribution in [0.5, 0.6) is 0 Å². The highest BCUT2D eigenvalue weighted by Gasteiger charge is 2.47. The summed E-state index contributed by atoms with van der Waals surface area (Å²) in [6.45, 7) is 9.23. The SMILES string of the molecule is CC(C)(C)OC(=O)N1CCC2(CC1)CC(CO)CN2Cc1ccccc1. The maximum atomic E-state index is 12.4. The molecule has 0 radical (unpaired) electrons. The lowest BCUT2D eigenvalue weighted by molar-refractivity contribution is 0.00159. The van der Waals surface area contributed by atoms with E-state index in [0.717, 1.165) is 45.4 Å². The van der Waals surface area contributed by atoms with Crippen LogP contribution in [0.1, 0.15) is 45.6 Å². The maximum Gasteiger partial charge on any atom is 0.410 e. The predicted octanol–water partition coefficient (Wildman–Crippen LogP) is 3.27. The fraction of sp³-hybridized carbons (Fsp3) is 0.667. The highest BCUT2D eigenvalue weighted by molar-refractivity contribution is 5.68. The minimum absolute atomic E-state index is 0.0851. The number of carbonyl (C=O) groups is 1. The summed E-state index contributed by atoms with van der Waals surface area (Å²) >= 11 is 0. The fourth-order valence-corrected chi connectivity index (χ4v) is 4.35. The molecule has 1 N–H and O–H groups in total. The zero-order valence-electron chi connectivity index (χ0n) is 16.3. The van der Waals surface area contributed by atoms with Crippen LogP contribution in [0.25, 0.3) is 0 Å². The second kappa shape index (κ2) is 7.57. The van der Waals surface area contributed by atoms with Gasteiger partial charge in [0.15, 0.2) is 0 Å². The van der Waals surface area contributed by atoms with Crippen LogP contribution in [0, 0.1) is 5.92 Å². The first-order valence-electron chi connectivity index (χ1n) is 9.69. The molecule has 144 valence electrons. The first-order valence-corrected chi connectivity index (χ1v) is 9.69. The molecule has 1 aromatic rings. The molecule has 2 heterocycles. The van der Waals surface area contributed by atoms with Gasteiger partial charge in [-0.15, -0.1) is 0 Å². The third kappa shape index (κ3) is 4.38. The second-order valence-corrected chi connectivity index (χ2v) is 8.81. The Balaban J connectivity index is 1.67. The largest absolute Gasteiger partial charge is 0.444 e. The normalized spacial score (nSPS) is 23.4.